The van der Waals surface area contributed by atoms with Gasteiger partial charge in [0.25, 0.3) is 5.91 Å². The lowest BCUT2D eigenvalue weighted by molar-refractivity contribution is -0.0684. The van der Waals surface area contributed by atoms with Crippen LogP contribution >= 0.6 is 23.5 Å². The quantitative estimate of drug-likeness (QED) is 0.406. The van der Waals surface area contributed by atoms with Crippen LogP contribution in [-0.2, 0) is 6.54 Å². The van der Waals surface area contributed by atoms with E-state index >= 15 is 0 Å². The van der Waals surface area contributed by atoms with Crippen LogP contribution in [0.5, 0.6) is 0 Å². The first-order valence-electron chi connectivity index (χ1n) is 10.3. The Labute approximate surface area is 203 Å². The van der Waals surface area contributed by atoms with Crippen LogP contribution in [0.15, 0.2) is 53.6 Å². The number of nitrogens with zero attached hydrogens (tertiary/aromatic N) is 2. The smallest absolute Gasteiger partial charge is 0.451 e. The average molecular weight is 513 g/mol. The Hall–Kier alpha value is -2.86. The van der Waals surface area contributed by atoms with Gasteiger partial charge in [0.15, 0.2) is 0 Å². The Morgan fingerprint density at radius 1 is 1.06 bits per heavy atom. The van der Waals surface area contributed by atoms with Crippen molar-refractivity contribution in [1.82, 2.24) is 10.3 Å². The van der Waals surface area contributed by atoms with E-state index in [1.807, 2.05) is 13.8 Å². The molecule has 0 saturated carbocycles. The number of amides is 1. The van der Waals surface area contributed by atoms with E-state index in [0.29, 0.717) is 22.8 Å². The highest BCUT2D eigenvalue weighted by Crippen LogP contribution is 2.44. The molecule has 0 fully saturated rings. The Balaban J connectivity index is 1.80. The van der Waals surface area contributed by atoms with Gasteiger partial charge in [0.2, 0.25) is 10.2 Å². The van der Waals surface area contributed by atoms with Crippen molar-refractivity contribution in [2.24, 2.45) is 5.10 Å². The highest BCUT2D eigenvalue weighted by Gasteiger charge is 2.53. The van der Waals surface area contributed by atoms with Gasteiger partial charge >= 0.3 is 12.1 Å². The molecular weight excluding hydrogens is 489 g/mol. The molecule has 0 unspecified atom stereocenters. The predicted octanol–water partition coefficient (Wildman–Crippen LogP) is 5.04. The molecule has 34 heavy (non-hydrogen) atoms. The summed E-state index contributed by atoms with van der Waals surface area (Å²) in [6, 6.07) is 12.2. The van der Waals surface area contributed by atoms with Gasteiger partial charge in [-0.05, 0) is 41.3 Å². The van der Waals surface area contributed by atoms with Crippen molar-refractivity contribution in [3.63, 3.8) is 0 Å². The fraction of sp³-hybridized carbons (Fsp3) is 0.318. The van der Waals surface area contributed by atoms with Crippen molar-refractivity contribution >= 4 is 46.9 Å². The number of nitrogens with one attached hydrogen (secondary N) is 2. The normalized spacial score (nSPS) is 15.0. The Kier molecular flexibility index (Phi) is 8.03. The minimum Gasteiger partial charge on any atom is -0.478 e. The molecule has 1 aliphatic rings. The summed E-state index contributed by atoms with van der Waals surface area (Å²) < 4.78 is 39.9. The number of aromatic carboxylic acids is 1. The lowest BCUT2D eigenvalue weighted by Crippen LogP contribution is -2.51. The van der Waals surface area contributed by atoms with Gasteiger partial charge in [0.05, 0.1) is 11.1 Å². The van der Waals surface area contributed by atoms with E-state index in [1.54, 1.807) is 30.3 Å². The molecule has 7 nitrogen and oxygen atoms in total. The second-order valence-electron chi connectivity index (χ2n) is 7.08. The monoisotopic (exact) mass is 512 g/mol. The number of anilines is 1. The zero-order valence-electron chi connectivity index (χ0n) is 18.3. The van der Waals surface area contributed by atoms with Gasteiger partial charge in [-0.2, -0.15) is 18.3 Å². The van der Waals surface area contributed by atoms with Crippen LogP contribution in [-0.4, -0.2) is 49.7 Å². The molecule has 1 heterocycles. The van der Waals surface area contributed by atoms with Crippen LogP contribution in [0.2, 0.25) is 0 Å². The number of carbonyl (C=O) groups excluding carboxylic acids is 1. The van der Waals surface area contributed by atoms with Crippen molar-refractivity contribution in [2.75, 3.05) is 16.8 Å². The SMILES string of the molecule is CCSC1(SCC)NN=C(C(F)(F)F)N1Cc1ccc(NC(=O)c2ccccc2C(=O)O)cc1. The van der Waals surface area contributed by atoms with E-state index in [2.05, 4.69) is 15.8 Å². The zero-order chi connectivity index (χ0) is 24.9. The first-order valence-corrected chi connectivity index (χ1v) is 12.3. The molecule has 0 saturated heterocycles. The molecule has 2 aromatic carbocycles. The largest absolute Gasteiger partial charge is 0.478 e. The Bertz CT molecular complexity index is 1070. The third-order valence-corrected chi connectivity index (χ3v) is 7.49. The van der Waals surface area contributed by atoms with Crippen molar-refractivity contribution in [3.05, 3.63) is 65.2 Å². The summed E-state index contributed by atoms with van der Waals surface area (Å²) >= 11 is 2.66. The summed E-state index contributed by atoms with van der Waals surface area (Å²) in [6.45, 7) is 3.68. The van der Waals surface area contributed by atoms with E-state index in [9.17, 15) is 27.9 Å². The molecule has 3 N–H and O–H groups in total. The molecule has 0 atom stereocenters. The lowest BCUT2D eigenvalue weighted by atomic mass is 10.1. The molecule has 2 aromatic rings. The molecule has 3 rings (SSSR count). The van der Waals surface area contributed by atoms with E-state index in [1.165, 1.54) is 46.6 Å². The second kappa shape index (κ2) is 10.6. The first-order chi connectivity index (χ1) is 16.1. The summed E-state index contributed by atoms with van der Waals surface area (Å²) in [5.41, 5.74) is 3.53. The van der Waals surface area contributed by atoms with Crippen LogP contribution < -0.4 is 10.7 Å². The van der Waals surface area contributed by atoms with Crippen molar-refractivity contribution in [3.8, 4) is 0 Å². The van der Waals surface area contributed by atoms with Crippen LogP contribution in [0, 0.1) is 0 Å². The number of hydrazone groups is 1. The third kappa shape index (κ3) is 5.61. The van der Waals surface area contributed by atoms with E-state index in [0.717, 1.165) is 0 Å². The van der Waals surface area contributed by atoms with Gasteiger partial charge < -0.3 is 15.3 Å². The lowest BCUT2D eigenvalue weighted by Gasteiger charge is -2.38. The Morgan fingerprint density at radius 3 is 2.18 bits per heavy atom. The maximum atomic E-state index is 13.7. The number of rotatable bonds is 9. The summed E-state index contributed by atoms with van der Waals surface area (Å²) in [6.07, 6.45) is -4.62. The van der Waals surface area contributed by atoms with Gasteiger partial charge in [0, 0.05) is 12.2 Å². The molecule has 0 bridgehead atoms. The first kappa shape index (κ1) is 25.8. The Morgan fingerprint density at radius 2 is 1.65 bits per heavy atom. The van der Waals surface area contributed by atoms with Gasteiger partial charge in [-0.25, -0.2) is 4.79 Å². The summed E-state index contributed by atoms with van der Waals surface area (Å²) in [5, 5.41) is 15.5. The third-order valence-electron chi connectivity index (χ3n) is 4.80. The number of halogens is 3. The van der Waals surface area contributed by atoms with Crippen LogP contribution in [0.4, 0.5) is 18.9 Å². The fourth-order valence-corrected chi connectivity index (χ4v) is 6.03. The molecule has 0 aliphatic carbocycles. The number of carboxylic acids is 1. The number of thioether (sulfide) groups is 2. The van der Waals surface area contributed by atoms with Crippen molar-refractivity contribution in [1.29, 1.82) is 0 Å². The number of hydrogen-bond acceptors (Lipinski definition) is 7. The fourth-order valence-electron chi connectivity index (χ4n) is 3.37. The summed E-state index contributed by atoms with van der Waals surface area (Å²) in [5.74, 6) is -1.64. The number of benzene rings is 2. The molecule has 12 heteroatoms. The maximum absolute atomic E-state index is 13.7. The summed E-state index contributed by atoms with van der Waals surface area (Å²) in [4.78, 5) is 25.1. The molecule has 0 radical (unpaired) electrons. The van der Waals surface area contributed by atoms with E-state index < -0.39 is 28.2 Å². The van der Waals surface area contributed by atoms with Crippen molar-refractivity contribution < 1.29 is 27.9 Å². The van der Waals surface area contributed by atoms with E-state index in [-0.39, 0.29) is 17.7 Å². The number of carboxylic acid groups (broad SMARTS) is 1. The molecular formula is C22H23F3N4O3S2. The number of carbonyl (C=O) groups is 2. The van der Waals surface area contributed by atoms with Gasteiger partial charge in [-0.15, -0.1) is 0 Å². The molecule has 0 aromatic heterocycles. The predicted molar refractivity (Wildman–Crippen MR) is 129 cm³/mol. The van der Waals surface area contributed by atoms with Crippen LogP contribution in [0.3, 0.4) is 0 Å². The van der Waals surface area contributed by atoms with Gasteiger partial charge in [-0.1, -0.05) is 61.6 Å². The van der Waals surface area contributed by atoms with Crippen LogP contribution in [0.1, 0.15) is 40.1 Å². The van der Waals surface area contributed by atoms with Gasteiger partial charge in [-0.3, -0.25) is 10.2 Å². The van der Waals surface area contributed by atoms with E-state index in [4.69, 9.17) is 0 Å². The molecule has 1 aliphatic heterocycles. The minimum absolute atomic E-state index is 0.00575. The number of amidine groups is 1. The number of hydrogen-bond donors (Lipinski definition) is 3. The highest BCUT2D eigenvalue weighted by atomic mass is 32.2. The molecule has 182 valence electrons. The number of alkyl halides is 3. The molecule has 0 spiro atoms. The topological polar surface area (TPSA) is 94.0 Å². The van der Waals surface area contributed by atoms with Crippen molar-refractivity contribution in [2.45, 2.75) is 30.9 Å². The average Bonchev–Trinajstić information content (AvgIpc) is 3.13. The zero-order valence-corrected chi connectivity index (χ0v) is 20.0. The maximum Gasteiger partial charge on any atom is 0.451 e. The molecule has 1 amide bonds. The second-order valence-corrected chi connectivity index (χ2v) is 10.3. The highest BCUT2D eigenvalue weighted by molar-refractivity contribution is 8.18. The minimum atomic E-state index is -4.62. The summed E-state index contributed by atoms with van der Waals surface area (Å²) in [7, 11) is 0. The van der Waals surface area contributed by atoms with Crippen LogP contribution in [0.25, 0.3) is 0 Å². The van der Waals surface area contributed by atoms with Gasteiger partial charge in [0.1, 0.15) is 0 Å². The standard InChI is InChI=1S/C22H23F3N4O3S2/c1-3-33-22(34-4-2)28-27-20(21(23,24)25)29(22)13-14-9-11-15(12-10-14)26-18(30)16-7-5-6-8-17(16)19(31)32/h5-12,28H,3-4,13H2,1-2H3,(H,26,30)(H,31,32).